The predicted octanol–water partition coefficient (Wildman–Crippen LogP) is 2.63. The van der Waals surface area contributed by atoms with Crippen molar-refractivity contribution in [3.05, 3.63) is 17.8 Å². The van der Waals surface area contributed by atoms with Crippen LogP contribution in [0.2, 0.25) is 0 Å². The fraction of sp³-hybridized carbons (Fsp3) is 0.636. The van der Waals surface area contributed by atoms with Crippen molar-refractivity contribution in [1.29, 1.82) is 0 Å². The molecule has 1 aromatic heterocycles. The van der Waals surface area contributed by atoms with Crippen LogP contribution in [0.1, 0.15) is 32.4 Å². The van der Waals surface area contributed by atoms with Crippen molar-refractivity contribution in [3.63, 3.8) is 0 Å². The molecule has 1 heterocycles. The number of nitrogens with zero attached hydrogens (tertiary/aromatic N) is 2. The van der Waals surface area contributed by atoms with Crippen LogP contribution in [0, 0.1) is 12.8 Å². The van der Waals surface area contributed by atoms with Crippen LogP contribution in [-0.4, -0.2) is 16.7 Å². The SMILES string of the molecule is Cc1ccc(NCCCC(C)C)nn1. The smallest absolute Gasteiger partial charge is 0.148 e. The first-order chi connectivity index (χ1) is 6.68. The molecule has 78 valence electrons. The summed E-state index contributed by atoms with van der Waals surface area (Å²) < 4.78 is 0. The summed E-state index contributed by atoms with van der Waals surface area (Å²) in [6.45, 7) is 7.41. The topological polar surface area (TPSA) is 37.8 Å². The second kappa shape index (κ2) is 5.58. The highest BCUT2D eigenvalue weighted by Gasteiger charge is 1.95. The van der Waals surface area contributed by atoms with Crippen LogP contribution in [0.25, 0.3) is 0 Å². The summed E-state index contributed by atoms with van der Waals surface area (Å²) in [5.41, 5.74) is 0.956. The number of aryl methyl sites for hydroxylation is 1. The van der Waals surface area contributed by atoms with Gasteiger partial charge in [0.1, 0.15) is 5.82 Å². The lowest BCUT2D eigenvalue weighted by molar-refractivity contribution is 0.566. The summed E-state index contributed by atoms with van der Waals surface area (Å²) in [6.07, 6.45) is 2.44. The summed E-state index contributed by atoms with van der Waals surface area (Å²) in [6, 6.07) is 3.94. The van der Waals surface area contributed by atoms with Gasteiger partial charge in [-0.2, -0.15) is 5.10 Å². The standard InChI is InChI=1S/C11H19N3/c1-9(2)5-4-8-12-11-7-6-10(3)13-14-11/h6-7,9H,4-5,8H2,1-3H3,(H,12,14). The van der Waals surface area contributed by atoms with Gasteiger partial charge < -0.3 is 5.32 Å². The zero-order chi connectivity index (χ0) is 10.4. The monoisotopic (exact) mass is 193 g/mol. The van der Waals surface area contributed by atoms with E-state index in [-0.39, 0.29) is 0 Å². The molecule has 1 rings (SSSR count). The van der Waals surface area contributed by atoms with Gasteiger partial charge in [0.15, 0.2) is 0 Å². The first-order valence-corrected chi connectivity index (χ1v) is 5.22. The molecule has 1 N–H and O–H groups in total. The third kappa shape index (κ3) is 4.21. The van der Waals surface area contributed by atoms with Gasteiger partial charge in [0.25, 0.3) is 0 Å². The maximum Gasteiger partial charge on any atom is 0.148 e. The molecular formula is C11H19N3. The Labute approximate surface area is 85.9 Å². The fourth-order valence-electron chi connectivity index (χ4n) is 1.22. The second-order valence-corrected chi connectivity index (χ2v) is 4.02. The van der Waals surface area contributed by atoms with Crippen LogP contribution in [0.15, 0.2) is 12.1 Å². The van der Waals surface area contributed by atoms with E-state index in [9.17, 15) is 0 Å². The molecule has 0 aromatic carbocycles. The van der Waals surface area contributed by atoms with E-state index >= 15 is 0 Å². The molecule has 0 radical (unpaired) electrons. The van der Waals surface area contributed by atoms with Gasteiger partial charge in [0.05, 0.1) is 5.69 Å². The molecule has 0 bridgehead atoms. The molecule has 0 atom stereocenters. The Morgan fingerprint density at radius 2 is 2.07 bits per heavy atom. The lowest BCUT2D eigenvalue weighted by Crippen LogP contribution is -2.05. The Morgan fingerprint density at radius 1 is 1.29 bits per heavy atom. The molecule has 0 saturated heterocycles. The summed E-state index contributed by atoms with van der Waals surface area (Å²) in [5, 5.41) is 11.3. The quantitative estimate of drug-likeness (QED) is 0.730. The molecule has 0 aliphatic carbocycles. The number of nitrogens with one attached hydrogen (secondary N) is 1. The Kier molecular flexibility index (Phi) is 4.36. The van der Waals surface area contributed by atoms with Crippen LogP contribution in [0.4, 0.5) is 5.82 Å². The molecule has 0 amide bonds. The molecule has 0 fully saturated rings. The van der Waals surface area contributed by atoms with Gasteiger partial charge in [-0.3, -0.25) is 0 Å². The van der Waals surface area contributed by atoms with Gasteiger partial charge in [-0.25, -0.2) is 0 Å². The minimum absolute atomic E-state index is 0.779. The average Bonchev–Trinajstić information content (AvgIpc) is 2.15. The largest absolute Gasteiger partial charge is 0.369 e. The minimum Gasteiger partial charge on any atom is -0.369 e. The molecule has 0 aliphatic heterocycles. The van der Waals surface area contributed by atoms with E-state index in [1.165, 1.54) is 12.8 Å². The van der Waals surface area contributed by atoms with Crippen LogP contribution in [-0.2, 0) is 0 Å². The van der Waals surface area contributed by atoms with Crippen molar-refractivity contribution < 1.29 is 0 Å². The van der Waals surface area contributed by atoms with Crippen LogP contribution >= 0.6 is 0 Å². The minimum atomic E-state index is 0.779. The van der Waals surface area contributed by atoms with Gasteiger partial charge in [-0.15, -0.1) is 5.10 Å². The van der Waals surface area contributed by atoms with Gasteiger partial charge >= 0.3 is 0 Å². The highest BCUT2D eigenvalue weighted by molar-refractivity contribution is 5.32. The number of anilines is 1. The number of aromatic nitrogens is 2. The molecule has 0 spiro atoms. The Balaban J connectivity index is 2.21. The molecule has 0 saturated carbocycles. The Hall–Kier alpha value is -1.12. The van der Waals surface area contributed by atoms with Crippen molar-refractivity contribution in [3.8, 4) is 0 Å². The van der Waals surface area contributed by atoms with E-state index in [0.717, 1.165) is 24.0 Å². The molecule has 3 nitrogen and oxygen atoms in total. The second-order valence-electron chi connectivity index (χ2n) is 4.02. The molecule has 0 unspecified atom stereocenters. The van der Waals surface area contributed by atoms with Crippen LogP contribution in [0.3, 0.4) is 0 Å². The van der Waals surface area contributed by atoms with Crippen molar-refractivity contribution in [2.24, 2.45) is 5.92 Å². The predicted molar refractivity (Wildman–Crippen MR) is 59.3 cm³/mol. The number of hydrogen-bond donors (Lipinski definition) is 1. The molecule has 3 heteroatoms. The van der Waals surface area contributed by atoms with E-state index in [0.29, 0.717) is 0 Å². The Morgan fingerprint density at radius 3 is 2.64 bits per heavy atom. The van der Waals surface area contributed by atoms with E-state index < -0.39 is 0 Å². The van der Waals surface area contributed by atoms with Gasteiger partial charge in [0.2, 0.25) is 0 Å². The summed E-state index contributed by atoms with van der Waals surface area (Å²) in [7, 11) is 0. The van der Waals surface area contributed by atoms with E-state index in [2.05, 4.69) is 29.4 Å². The number of hydrogen-bond acceptors (Lipinski definition) is 3. The maximum atomic E-state index is 4.03. The van der Waals surface area contributed by atoms with Gasteiger partial charge in [-0.1, -0.05) is 13.8 Å². The third-order valence-corrected chi connectivity index (χ3v) is 2.06. The summed E-state index contributed by atoms with van der Waals surface area (Å²) in [5.74, 6) is 1.65. The number of rotatable bonds is 5. The van der Waals surface area contributed by atoms with Crippen molar-refractivity contribution in [1.82, 2.24) is 10.2 Å². The highest BCUT2D eigenvalue weighted by atomic mass is 15.2. The lowest BCUT2D eigenvalue weighted by Gasteiger charge is -2.06. The summed E-state index contributed by atoms with van der Waals surface area (Å²) in [4.78, 5) is 0. The van der Waals surface area contributed by atoms with E-state index in [1.54, 1.807) is 0 Å². The average molecular weight is 193 g/mol. The van der Waals surface area contributed by atoms with Crippen molar-refractivity contribution >= 4 is 5.82 Å². The fourth-order valence-corrected chi connectivity index (χ4v) is 1.22. The van der Waals surface area contributed by atoms with Crippen molar-refractivity contribution in [2.45, 2.75) is 33.6 Å². The third-order valence-electron chi connectivity index (χ3n) is 2.06. The first kappa shape index (κ1) is 11.0. The van der Waals surface area contributed by atoms with Crippen LogP contribution < -0.4 is 5.32 Å². The Bertz CT molecular complexity index is 254. The van der Waals surface area contributed by atoms with E-state index in [4.69, 9.17) is 0 Å². The summed E-state index contributed by atoms with van der Waals surface area (Å²) >= 11 is 0. The van der Waals surface area contributed by atoms with Gasteiger partial charge in [-0.05, 0) is 37.8 Å². The normalized spacial score (nSPS) is 10.6. The van der Waals surface area contributed by atoms with E-state index in [1.807, 2.05) is 19.1 Å². The zero-order valence-electron chi connectivity index (χ0n) is 9.25. The van der Waals surface area contributed by atoms with Gasteiger partial charge in [0, 0.05) is 6.54 Å². The molecule has 0 aliphatic rings. The highest BCUT2D eigenvalue weighted by Crippen LogP contribution is 2.05. The first-order valence-electron chi connectivity index (χ1n) is 5.22. The molecular weight excluding hydrogens is 174 g/mol. The lowest BCUT2D eigenvalue weighted by atomic mass is 10.1. The molecule has 1 aromatic rings. The molecule has 14 heavy (non-hydrogen) atoms. The zero-order valence-corrected chi connectivity index (χ0v) is 9.25. The maximum absolute atomic E-state index is 4.03. The van der Waals surface area contributed by atoms with Crippen LogP contribution in [0.5, 0.6) is 0 Å². The van der Waals surface area contributed by atoms with Crippen molar-refractivity contribution in [2.75, 3.05) is 11.9 Å².